The highest BCUT2D eigenvalue weighted by Gasteiger charge is 2.15. The van der Waals surface area contributed by atoms with Gasteiger partial charge in [0.25, 0.3) is 0 Å². The number of hydrogen-bond acceptors (Lipinski definition) is 3. The van der Waals surface area contributed by atoms with Crippen molar-refractivity contribution in [1.82, 2.24) is 4.98 Å². The number of hydrogen-bond donors (Lipinski definition) is 0. The number of nitrogens with zero attached hydrogens (tertiary/aromatic N) is 1. The predicted molar refractivity (Wildman–Crippen MR) is 102 cm³/mol. The molecule has 3 nitrogen and oxygen atoms in total. The smallest absolute Gasteiger partial charge is 0.123 e. The van der Waals surface area contributed by atoms with Gasteiger partial charge in [-0.1, -0.05) is 54.6 Å². The average molecular weight is 356 g/mol. The lowest BCUT2D eigenvalue weighted by Crippen LogP contribution is -2.24. The number of pyridine rings is 1. The first kappa shape index (κ1) is 16.9. The summed E-state index contributed by atoms with van der Waals surface area (Å²) in [7, 11) is 0. The predicted octanol–water partition coefficient (Wildman–Crippen LogP) is 4.38. The molecule has 0 spiro atoms. The van der Waals surface area contributed by atoms with Crippen molar-refractivity contribution < 1.29 is 14.3 Å². The van der Waals surface area contributed by atoms with Crippen molar-refractivity contribution >= 4 is 16.9 Å². The van der Waals surface area contributed by atoms with Crippen LogP contribution in [0.15, 0.2) is 72.8 Å². The van der Waals surface area contributed by atoms with Gasteiger partial charge < -0.3 is 9.90 Å². The van der Waals surface area contributed by atoms with Gasteiger partial charge in [-0.25, -0.2) is 9.37 Å². The van der Waals surface area contributed by atoms with Crippen LogP contribution < -0.4 is 5.11 Å². The number of carboxylic acid groups (broad SMARTS) is 1. The van der Waals surface area contributed by atoms with E-state index in [1.165, 1.54) is 18.2 Å². The van der Waals surface area contributed by atoms with Crippen molar-refractivity contribution in [3.05, 3.63) is 89.7 Å². The Balaban J connectivity index is 1.88. The van der Waals surface area contributed by atoms with Crippen LogP contribution in [-0.4, -0.2) is 11.0 Å². The van der Waals surface area contributed by atoms with Gasteiger partial charge in [0.15, 0.2) is 0 Å². The zero-order valence-electron chi connectivity index (χ0n) is 14.6. The average Bonchev–Trinajstić information content (AvgIpc) is 2.68. The number of rotatable bonds is 3. The number of halogens is 1. The fourth-order valence-electron chi connectivity index (χ4n) is 3.33. The summed E-state index contributed by atoms with van der Waals surface area (Å²) in [6, 6.07) is 21.7. The maximum atomic E-state index is 13.6. The van der Waals surface area contributed by atoms with Crippen molar-refractivity contribution in [3.8, 4) is 22.4 Å². The quantitative estimate of drug-likeness (QED) is 0.547. The molecule has 0 radical (unpaired) electrons. The summed E-state index contributed by atoms with van der Waals surface area (Å²) < 4.78 is 13.6. The van der Waals surface area contributed by atoms with Gasteiger partial charge in [0, 0.05) is 16.5 Å². The van der Waals surface area contributed by atoms with E-state index in [2.05, 4.69) is 4.98 Å². The van der Waals surface area contributed by atoms with E-state index in [1.54, 1.807) is 6.92 Å². The van der Waals surface area contributed by atoms with Gasteiger partial charge in [0.05, 0.1) is 17.2 Å². The second kappa shape index (κ2) is 6.65. The second-order valence-electron chi connectivity index (χ2n) is 6.35. The lowest BCUT2D eigenvalue weighted by atomic mass is 9.96. The first-order valence-electron chi connectivity index (χ1n) is 8.51. The van der Waals surface area contributed by atoms with E-state index in [0.717, 1.165) is 16.7 Å². The molecule has 27 heavy (non-hydrogen) atoms. The molecule has 0 fully saturated rings. The Labute approximate surface area is 155 Å². The maximum absolute atomic E-state index is 13.6. The molecule has 4 heteroatoms. The summed E-state index contributed by atoms with van der Waals surface area (Å²) in [5.41, 5.74) is 4.34. The number of carbonyl (C=O) groups excluding carboxylic acids is 1. The van der Waals surface area contributed by atoms with Crippen LogP contribution in [0.1, 0.15) is 15.9 Å². The van der Waals surface area contributed by atoms with Crippen LogP contribution in [0.25, 0.3) is 33.3 Å². The number of carboxylic acids is 1. The normalized spacial score (nSPS) is 10.9. The third kappa shape index (κ3) is 3.06. The van der Waals surface area contributed by atoms with E-state index in [-0.39, 0.29) is 10.9 Å². The van der Waals surface area contributed by atoms with Crippen molar-refractivity contribution in [2.24, 2.45) is 0 Å². The number of aromatic nitrogens is 1. The highest BCUT2D eigenvalue weighted by Crippen LogP contribution is 2.31. The van der Waals surface area contributed by atoms with Crippen molar-refractivity contribution in [2.45, 2.75) is 6.92 Å². The van der Waals surface area contributed by atoms with Crippen molar-refractivity contribution in [3.63, 3.8) is 0 Å². The highest BCUT2D eigenvalue weighted by molar-refractivity contribution is 6.04. The molecule has 3 aromatic carbocycles. The van der Waals surface area contributed by atoms with Gasteiger partial charge in [-0.15, -0.1) is 0 Å². The van der Waals surface area contributed by atoms with Gasteiger partial charge in [0.1, 0.15) is 5.82 Å². The molecule has 0 N–H and O–H groups in total. The summed E-state index contributed by atoms with van der Waals surface area (Å²) in [6.07, 6.45) is 0. The minimum atomic E-state index is -1.34. The molecule has 132 valence electrons. The van der Waals surface area contributed by atoms with Crippen LogP contribution in [0, 0.1) is 12.7 Å². The lowest BCUT2D eigenvalue weighted by Gasteiger charge is -2.15. The number of fused-ring (bicyclic) bond motifs is 1. The minimum Gasteiger partial charge on any atom is -0.545 e. The third-order valence-electron chi connectivity index (χ3n) is 4.66. The summed E-state index contributed by atoms with van der Waals surface area (Å²) in [5.74, 6) is -1.85. The van der Waals surface area contributed by atoms with E-state index in [9.17, 15) is 14.3 Å². The Kier molecular flexibility index (Phi) is 4.16. The molecule has 0 atom stereocenters. The van der Waals surface area contributed by atoms with Crippen LogP contribution in [0.4, 0.5) is 4.39 Å². The molecule has 0 aliphatic carbocycles. The monoisotopic (exact) mass is 356 g/mol. The van der Waals surface area contributed by atoms with Crippen LogP contribution in [0.3, 0.4) is 0 Å². The Morgan fingerprint density at radius 2 is 1.52 bits per heavy atom. The molecule has 0 bridgehead atoms. The summed E-state index contributed by atoms with van der Waals surface area (Å²) >= 11 is 0. The van der Waals surface area contributed by atoms with Crippen molar-refractivity contribution in [1.29, 1.82) is 0 Å². The Morgan fingerprint density at radius 1 is 0.889 bits per heavy atom. The Hall–Kier alpha value is -3.53. The summed E-state index contributed by atoms with van der Waals surface area (Å²) in [5, 5.41) is 12.0. The van der Waals surface area contributed by atoms with Gasteiger partial charge in [-0.3, -0.25) is 0 Å². The van der Waals surface area contributed by atoms with Gasteiger partial charge >= 0.3 is 0 Å². The molecule has 1 aromatic heterocycles. The molecule has 0 aliphatic heterocycles. The van der Waals surface area contributed by atoms with Crippen LogP contribution in [0.2, 0.25) is 0 Å². The zero-order valence-corrected chi connectivity index (χ0v) is 14.6. The number of benzene rings is 3. The first-order valence-corrected chi connectivity index (χ1v) is 8.51. The zero-order chi connectivity index (χ0) is 19.0. The topological polar surface area (TPSA) is 53.0 Å². The van der Waals surface area contributed by atoms with Crippen LogP contribution in [-0.2, 0) is 0 Å². The van der Waals surface area contributed by atoms with E-state index in [0.29, 0.717) is 16.8 Å². The highest BCUT2D eigenvalue weighted by atomic mass is 19.1. The minimum absolute atomic E-state index is 0.0263. The molecule has 1 heterocycles. The number of aromatic carboxylic acids is 1. The summed E-state index contributed by atoms with van der Waals surface area (Å²) in [6.45, 7) is 1.67. The molecular weight excluding hydrogens is 341 g/mol. The van der Waals surface area contributed by atoms with Gasteiger partial charge in [-0.2, -0.15) is 0 Å². The maximum Gasteiger partial charge on any atom is 0.123 e. The molecule has 4 rings (SSSR count). The second-order valence-corrected chi connectivity index (χ2v) is 6.35. The molecule has 0 unspecified atom stereocenters. The molecule has 4 aromatic rings. The van der Waals surface area contributed by atoms with Gasteiger partial charge in [-0.05, 0) is 41.8 Å². The molecule has 0 aliphatic rings. The molecule has 0 saturated heterocycles. The van der Waals surface area contributed by atoms with E-state index in [4.69, 9.17) is 0 Å². The summed E-state index contributed by atoms with van der Waals surface area (Å²) in [4.78, 5) is 16.3. The first-order chi connectivity index (χ1) is 13.0. The molecule has 0 saturated carbocycles. The van der Waals surface area contributed by atoms with E-state index in [1.807, 2.05) is 54.6 Å². The lowest BCUT2D eigenvalue weighted by molar-refractivity contribution is -0.254. The third-order valence-corrected chi connectivity index (χ3v) is 4.66. The SMILES string of the molecule is Cc1c(-c2ccc(-c3ccccc3)cc2)nc2ccc(F)cc2c1C(=O)[O-]. The van der Waals surface area contributed by atoms with Crippen LogP contribution >= 0.6 is 0 Å². The van der Waals surface area contributed by atoms with E-state index < -0.39 is 11.8 Å². The van der Waals surface area contributed by atoms with E-state index >= 15 is 0 Å². The standard InChI is InChI=1S/C23H16FNO2/c1-14-21(23(26)27)19-13-18(24)11-12-20(19)25-22(14)17-9-7-16(8-10-17)15-5-3-2-4-6-15/h2-13H,1H3,(H,26,27)/p-1. The molecule has 0 amide bonds. The fraction of sp³-hybridized carbons (Fsp3) is 0.0435. The fourth-order valence-corrected chi connectivity index (χ4v) is 3.33. The van der Waals surface area contributed by atoms with Crippen LogP contribution in [0.5, 0.6) is 0 Å². The van der Waals surface area contributed by atoms with Crippen molar-refractivity contribution in [2.75, 3.05) is 0 Å². The number of carbonyl (C=O) groups is 1. The molecular formula is C23H15FNO2-. The Bertz CT molecular complexity index is 1150. The largest absolute Gasteiger partial charge is 0.545 e. The Morgan fingerprint density at radius 3 is 2.19 bits per heavy atom. The van der Waals surface area contributed by atoms with Gasteiger partial charge in [0.2, 0.25) is 0 Å².